The zero-order valence-electron chi connectivity index (χ0n) is 8.84. The first-order valence-electron chi connectivity index (χ1n) is 4.67. The zero-order chi connectivity index (χ0) is 12.3. The number of hydrogen-bond donors (Lipinski definition) is 0. The summed E-state index contributed by atoms with van der Waals surface area (Å²) in [5.74, 6) is 0. The second kappa shape index (κ2) is 4.91. The van der Waals surface area contributed by atoms with Crippen LogP contribution in [0.3, 0.4) is 0 Å². The average molecular weight is 248 g/mol. The van der Waals surface area contributed by atoms with Gasteiger partial charge >= 0.3 is 6.18 Å². The Morgan fingerprint density at radius 1 is 1.31 bits per heavy atom. The fraction of sp³-hybridized carbons (Fsp3) is 0.364. The molecule has 0 N–H and O–H groups in total. The fourth-order valence-corrected chi connectivity index (χ4v) is 2.11. The van der Waals surface area contributed by atoms with Crippen molar-refractivity contribution >= 4 is 18.0 Å². The van der Waals surface area contributed by atoms with Crippen LogP contribution in [0.1, 0.15) is 29.8 Å². The maximum Gasteiger partial charge on any atom is 0.417 e. The van der Waals surface area contributed by atoms with Crippen molar-refractivity contribution in [2.75, 3.05) is 0 Å². The van der Waals surface area contributed by atoms with Gasteiger partial charge in [0.25, 0.3) is 0 Å². The summed E-state index contributed by atoms with van der Waals surface area (Å²) in [6.07, 6.45) is -4.25. The number of carbonyl (C=O) groups excluding carboxylic acids is 1. The molecular weight excluding hydrogens is 237 g/mol. The number of alkyl halides is 3. The van der Waals surface area contributed by atoms with Gasteiger partial charge in [0, 0.05) is 15.7 Å². The van der Waals surface area contributed by atoms with Crippen LogP contribution < -0.4 is 0 Å². The van der Waals surface area contributed by atoms with Crippen LogP contribution in [-0.2, 0) is 6.18 Å². The maximum absolute atomic E-state index is 12.6. The minimum atomic E-state index is -4.48. The molecule has 0 saturated heterocycles. The summed E-state index contributed by atoms with van der Waals surface area (Å²) in [5, 5.41) is 0.197. The lowest BCUT2D eigenvalue weighted by atomic mass is 10.1. The van der Waals surface area contributed by atoms with E-state index in [1.54, 1.807) is 0 Å². The number of benzene rings is 1. The molecule has 0 bridgehead atoms. The molecule has 0 fully saturated rings. The quantitative estimate of drug-likeness (QED) is 0.593. The highest BCUT2D eigenvalue weighted by Gasteiger charge is 2.33. The Balaban J connectivity index is 3.16. The van der Waals surface area contributed by atoms with Gasteiger partial charge in [0.05, 0.1) is 5.56 Å². The van der Waals surface area contributed by atoms with E-state index in [4.69, 9.17) is 0 Å². The number of halogens is 3. The minimum absolute atomic E-state index is 0.197. The van der Waals surface area contributed by atoms with Gasteiger partial charge < -0.3 is 0 Å². The highest BCUT2D eigenvalue weighted by Crippen LogP contribution is 2.34. The molecule has 0 atom stereocenters. The van der Waals surface area contributed by atoms with Gasteiger partial charge in [-0.15, -0.1) is 11.8 Å². The Bertz CT molecular complexity index is 385. The molecule has 1 aromatic carbocycles. The molecule has 0 amide bonds. The molecule has 1 rings (SSSR count). The highest BCUT2D eigenvalue weighted by atomic mass is 32.2. The smallest absolute Gasteiger partial charge is 0.298 e. The predicted octanol–water partition coefficient (Wildman–Crippen LogP) is 4.02. The van der Waals surface area contributed by atoms with Crippen LogP contribution in [0.25, 0.3) is 0 Å². The van der Waals surface area contributed by atoms with Crippen molar-refractivity contribution < 1.29 is 18.0 Å². The van der Waals surface area contributed by atoms with E-state index in [0.717, 1.165) is 6.07 Å². The van der Waals surface area contributed by atoms with Crippen molar-refractivity contribution in [3.05, 3.63) is 29.3 Å². The van der Waals surface area contributed by atoms with Crippen LogP contribution in [0.5, 0.6) is 0 Å². The molecule has 1 aromatic rings. The standard InChI is InChI=1S/C11H11F3OS/c1-7(2)16-9-4-3-8(6-15)10(5-9)11(12,13)14/h3-7H,1-2H3. The SMILES string of the molecule is CC(C)Sc1ccc(C=O)c(C(F)(F)F)c1. The molecule has 0 aromatic heterocycles. The number of rotatable bonds is 3. The van der Waals surface area contributed by atoms with E-state index >= 15 is 0 Å². The largest absolute Gasteiger partial charge is 0.417 e. The van der Waals surface area contributed by atoms with Crippen LogP contribution >= 0.6 is 11.8 Å². The summed E-state index contributed by atoms with van der Waals surface area (Å²) >= 11 is 1.33. The van der Waals surface area contributed by atoms with Crippen molar-refractivity contribution in [3.8, 4) is 0 Å². The molecule has 88 valence electrons. The lowest BCUT2D eigenvalue weighted by Gasteiger charge is -2.12. The van der Waals surface area contributed by atoms with E-state index in [9.17, 15) is 18.0 Å². The van der Waals surface area contributed by atoms with Crippen molar-refractivity contribution in [1.29, 1.82) is 0 Å². The van der Waals surface area contributed by atoms with Crippen LogP contribution in [0.4, 0.5) is 13.2 Å². The second-order valence-electron chi connectivity index (χ2n) is 3.53. The first-order chi connectivity index (χ1) is 7.34. The number of carbonyl (C=O) groups is 1. The van der Waals surface area contributed by atoms with E-state index < -0.39 is 11.7 Å². The molecular formula is C11H11F3OS. The number of aldehydes is 1. The van der Waals surface area contributed by atoms with Gasteiger partial charge in [-0.25, -0.2) is 0 Å². The highest BCUT2D eigenvalue weighted by molar-refractivity contribution is 7.99. The molecule has 0 spiro atoms. The van der Waals surface area contributed by atoms with Crippen LogP contribution in [0, 0.1) is 0 Å². The van der Waals surface area contributed by atoms with E-state index in [1.807, 2.05) is 13.8 Å². The van der Waals surface area contributed by atoms with Crippen LogP contribution in [-0.4, -0.2) is 11.5 Å². The average Bonchev–Trinajstić information content (AvgIpc) is 2.15. The maximum atomic E-state index is 12.6. The van der Waals surface area contributed by atoms with Crippen molar-refractivity contribution in [2.45, 2.75) is 30.2 Å². The second-order valence-corrected chi connectivity index (χ2v) is 5.18. The minimum Gasteiger partial charge on any atom is -0.298 e. The van der Waals surface area contributed by atoms with Gasteiger partial charge in [0.2, 0.25) is 0 Å². The normalized spacial score (nSPS) is 11.9. The van der Waals surface area contributed by atoms with E-state index in [2.05, 4.69) is 0 Å². The van der Waals surface area contributed by atoms with Crippen LogP contribution in [0.2, 0.25) is 0 Å². The Morgan fingerprint density at radius 3 is 2.38 bits per heavy atom. The summed E-state index contributed by atoms with van der Waals surface area (Å²) in [5.41, 5.74) is -1.19. The molecule has 0 heterocycles. The first-order valence-corrected chi connectivity index (χ1v) is 5.55. The summed E-state index contributed by atoms with van der Waals surface area (Å²) in [6, 6.07) is 3.76. The van der Waals surface area contributed by atoms with Gasteiger partial charge in [-0.05, 0) is 18.2 Å². The first kappa shape index (κ1) is 13.1. The molecule has 0 unspecified atom stereocenters. The third-order valence-electron chi connectivity index (χ3n) is 1.83. The Hall–Kier alpha value is -0.970. The lowest BCUT2D eigenvalue weighted by Crippen LogP contribution is -2.09. The van der Waals surface area contributed by atoms with Crippen LogP contribution in [0.15, 0.2) is 23.1 Å². The number of thioether (sulfide) groups is 1. The van der Waals surface area contributed by atoms with E-state index in [0.29, 0.717) is 4.90 Å². The molecule has 0 saturated carbocycles. The van der Waals surface area contributed by atoms with Gasteiger partial charge in [-0.3, -0.25) is 4.79 Å². The van der Waals surface area contributed by atoms with E-state index in [-0.39, 0.29) is 17.1 Å². The topological polar surface area (TPSA) is 17.1 Å². The van der Waals surface area contributed by atoms with E-state index in [1.165, 1.54) is 23.9 Å². The molecule has 5 heteroatoms. The number of hydrogen-bond acceptors (Lipinski definition) is 2. The van der Waals surface area contributed by atoms with Gasteiger partial charge in [0.15, 0.2) is 6.29 Å². The Morgan fingerprint density at radius 2 is 1.94 bits per heavy atom. The fourth-order valence-electron chi connectivity index (χ4n) is 1.23. The van der Waals surface area contributed by atoms with Crippen molar-refractivity contribution in [3.63, 3.8) is 0 Å². The Kier molecular flexibility index (Phi) is 4.02. The van der Waals surface area contributed by atoms with Crippen molar-refractivity contribution in [2.24, 2.45) is 0 Å². The summed E-state index contributed by atoms with van der Waals surface area (Å²) < 4.78 is 37.8. The molecule has 0 aliphatic carbocycles. The molecule has 0 radical (unpaired) electrons. The molecule has 16 heavy (non-hydrogen) atoms. The lowest BCUT2D eigenvalue weighted by molar-refractivity contribution is -0.138. The Labute approximate surface area is 96.0 Å². The third-order valence-corrected chi connectivity index (χ3v) is 2.83. The zero-order valence-corrected chi connectivity index (χ0v) is 9.65. The van der Waals surface area contributed by atoms with Crippen molar-refractivity contribution in [1.82, 2.24) is 0 Å². The van der Waals surface area contributed by atoms with Gasteiger partial charge in [-0.2, -0.15) is 13.2 Å². The monoisotopic (exact) mass is 248 g/mol. The molecule has 1 nitrogen and oxygen atoms in total. The third kappa shape index (κ3) is 3.27. The molecule has 0 aliphatic rings. The van der Waals surface area contributed by atoms with Gasteiger partial charge in [0.1, 0.15) is 0 Å². The summed E-state index contributed by atoms with van der Waals surface area (Å²) in [6.45, 7) is 3.79. The predicted molar refractivity (Wildman–Crippen MR) is 57.8 cm³/mol. The summed E-state index contributed by atoms with van der Waals surface area (Å²) in [4.78, 5) is 11.0. The summed E-state index contributed by atoms with van der Waals surface area (Å²) in [7, 11) is 0. The molecule has 0 aliphatic heterocycles. The van der Waals surface area contributed by atoms with Gasteiger partial charge in [-0.1, -0.05) is 13.8 Å².